The Morgan fingerprint density at radius 3 is 2.69 bits per heavy atom. The molecule has 0 unspecified atom stereocenters. The fourth-order valence-corrected chi connectivity index (χ4v) is 5.10. The number of pyridine rings is 1. The van der Waals surface area contributed by atoms with Gasteiger partial charge in [-0.2, -0.15) is 0 Å². The molecule has 134 valence electrons. The minimum Gasteiger partial charge on any atom is -0.375 e. The second-order valence-corrected chi connectivity index (χ2v) is 9.00. The van der Waals surface area contributed by atoms with Crippen molar-refractivity contribution in [3.8, 4) is 0 Å². The van der Waals surface area contributed by atoms with Crippen LogP contribution in [-0.4, -0.2) is 25.0 Å². The van der Waals surface area contributed by atoms with E-state index in [1.807, 2.05) is 0 Å². The van der Waals surface area contributed by atoms with Crippen molar-refractivity contribution in [1.82, 2.24) is 9.97 Å². The molecule has 1 aliphatic rings. The highest BCUT2D eigenvalue weighted by Gasteiger charge is 2.24. The van der Waals surface area contributed by atoms with Crippen molar-refractivity contribution in [2.45, 2.75) is 22.8 Å². The molecule has 0 saturated carbocycles. The summed E-state index contributed by atoms with van der Waals surface area (Å²) >= 11 is 7.42. The molecule has 0 aliphatic carbocycles. The van der Waals surface area contributed by atoms with E-state index in [-0.39, 0.29) is 20.8 Å². The van der Waals surface area contributed by atoms with Gasteiger partial charge in [0.2, 0.25) is 9.84 Å². The normalized spacial score (nSPS) is 14.0. The zero-order chi connectivity index (χ0) is 18.1. The maximum Gasteiger partial charge on any atom is 0.210 e. The van der Waals surface area contributed by atoms with Gasteiger partial charge < -0.3 is 10.1 Å². The molecule has 1 aromatic carbocycles. The highest BCUT2D eigenvalue weighted by atomic mass is 35.5. The van der Waals surface area contributed by atoms with Crippen LogP contribution in [0.1, 0.15) is 10.6 Å². The van der Waals surface area contributed by atoms with Crippen molar-refractivity contribution in [3.63, 3.8) is 0 Å². The Balaban J connectivity index is 1.75. The Bertz CT molecular complexity index is 1030. The van der Waals surface area contributed by atoms with Crippen LogP contribution in [0, 0.1) is 0 Å². The Labute approximate surface area is 159 Å². The molecule has 0 bridgehead atoms. The lowest BCUT2D eigenvalue weighted by Crippen LogP contribution is -2.08. The first-order valence-electron chi connectivity index (χ1n) is 7.84. The summed E-state index contributed by atoms with van der Waals surface area (Å²) in [6, 6.07) is 11.1. The molecule has 6 nitrogen and oxygen atoms in total. The number of benzene rings is 1. The SMILES string of the molecule is O=S(=O)(c1ccccc1)c1ccc(Cl)nc1Nc1nc2c(s1)COCC2. The van der Waals surface area contributed by atoms with E-state index < -0.39 is 9.84 Å². The fourth-order valence-electron chi connectivity index (χ4n) is 2.64. The summed E-state index contributed by atoms with van der Waals surface area (Å²) in [5.41, 5.74) is 0.971. The molecule has 1 aliphatic heterocycles. The Morgan fingerprint density at radius 1 is 1.12 bits per heavy atom. The van der Waals surface area contributed by atoms with Gasteiger partial charge in [-0.15, -0.1) is 0 Å². The number of hydrogen-bond donors (Lipinski definition) is 1. The monoisotopic (exact) mass is 407 g/mol. The van der Waals surface area contributed by atoms with Crippen LogP contribution in [-0.2, 0) is 27.6 Å². The molecule has 3 heterocycles. The minimum atomic E-state index is -3.74. The fraction of sp³-hybridized carbons (Fsp3) is 0.176. The highest BCUT2D eigenvalue weighted by molar-refractivity contribution is 7.91. The zero-order valence-corrected chi connectivity index (χ0v) is 15.9. The first-order valence-corrected chi connectivity index (χ1v) is 10.5. The first-order chi connectivity index (χ1) is 12.5. The summed E-state index contributed by atoms with van der Waals surface area (Å²) in [4.78, 5) is 9.98. The molecular weight excluding hydrogens is 394 g/mol. The van der Waals surface area contributed by atoms with Crippen molar-refractivity contribution < 1.29 is 13.2 Å². The van der Waals surface area contributed by atoms with Crippen molar-refractivity contribution >= 4 is 43.7 Å². The lowest BCUT2D eigenvalue weighted by Gasteiger charge is -2.10. The molecular formula is C17H14ClN3O3S2. The van der Waals surface area contributed by atoms with Crippen LogP contribution in [0.25, 0.3) is 0 Å². The average Bonchev–Trinajstić information content (AvgIpc) is 3.04. The number of rotatable bonds is 4. The number of ether oxygens (including phenoxy) is 1. The standard InChI is InChI=1S/C17H14ClN3O3S2/c18-15-7-6-14(26(22,23)11-4-2-1-3-5-11)16(20-15)21-17-19-12-8-9-24-10-13(12)25-17/h1-7H,8-10H2,(H,19,20,21). The Morgan fingerprint density at radius 2 is 1.92 bits per heavy atom. The molecule has 0 atom stereocenters. The maximum absolute atomic E-state index is 13.0. The second kappa shape index (κ2) is 6.96. The van der Waals surface area contributed by atoms with E-state index in [1.54, 1.807) is 30.3 Å². The number of nitrogens with one attached hydrogen (secondary N) is 1. The molecule has 1 N–H and O–H groups in total. The highest BCUT2D eigenvalue weighted by Crippen LogP contribution is 2.33. The van der Waals surface area contributed by atoms with Crippen LogP contribution in [0.4, 0.5) is 10.9 Å². The third-order valence-electron chi connectivity index (χ3n) is 3.89. The number of nitrogens with zero attached hydrogens (tertiary/aromatic N) is 2. The first kappa shape index (κ1) is 17.4. The van der Waals surface area contributed by atoms with Gasteiger partial charge in [0.25, 0.3) is 0 Å². The molecule has 26 heavy (non-hydrogen) atoms. The molecule has 0 saturated heterocycles. The number of halogens is 1. The van der Waals surface area contributed by atoms with Crippen LogP contribution in [0.2, 0.25) is 5.15 Å². The van der Waals surface area contributed by atoms with Gasteiger partial charge in [-0.05, 0) is 24.3 Å². The quantitative estimate of drug-likeness (QED) is 0.662. The third-order valence-corrected chi connectivity index (χ3v) is 6.89. The molecule has 0 amide bonds. The van der Waals surface area contributed by atoms with Gasteiger partial charge in [-0.3, -0.25) is 0 Å². The Kier molecular flexibility index (Phi) is 4.66. The van der Waals surface area contributed by atoms with E-state index in [4.69, 9.17) is 16.3 Å². The second-order valence-electron chi connectivity index (χ2n) is 5.61. The van der Waals surface area contributed by atoms with Gasteiger partial charge >= 0.3 is 0 Å². The number of anilines is 2. The number of aromatic nitrogens is 2. The topological polar surface area (TPSA) is 81.2 Å². The van der Waals surface area contributed by atoms with Crippen LogP contribution in [0.3, 0.4) is 0 Å². The largest absolute Gasteiger partial charge is 0.375 e. The smallest absolute Gasteiger partial charge is 0.210 e. The molecule has 4 rings (SSSR count). The predicted molar refractivity (Wildman–Crippen MR) is 99.9 cm³/mol. The van der Waals surface area contributed by atoms with Gasteiger partial charge in [0.05, 0.1) is 28.7 Å². The van der Waals surface area contributed by atoms with E-state index in [0.717, 1.165) is 17.0 Å². The molecule has 0 spiro atoms. The Hall–Kier alpha value is -2.00. The summed E-state index contributed by atoms with van der Waals surface area (Å²) in [5, 5.41) is 3.79. The van der Waals surface area contributed by atoms with Crippen LogP contribution in [0.5, 0.6) is 0 Å². The van der Waals surface area contributed by atoms with Crippen LogP contribution >= 0.6 is 22.9 Å². The van der Waals surface area contributed by atoms with Gasteiger partial charge in [0.15, 0.2) is 10.9 Å². The van der Waals surface area contributed by atoms with Crippen molar-refractivity contribution in [3.05, 3.63) is 58.2 Å². The lowest BCUT2D eigenvalue weighted by molar-refractivity contribution is 0.112. The number of sulfone groups is 1. The van der Waals surface area contributed by atoms with E-state index in [2.05, 4.69) is 15.3 Å². The van der Waals surface area contributed by atoms with Gasteiger partial charge in [-0.25, -0.2) is 18.4 Å². The molecule has 9 heteroatoms. The van der Waals surface area contributed by atoms with Gasteiger partial charge in [-0.1, -0.05) is 41.1 Å². The van der Waals surface area contributed by atoms with E-state index >= 15 is 0 Å². The molecule has 0 fully saturated rings. The van der Waals surface area contributed by atoms with E-state index in [0.29, 0.717) is 18.3 Å². The summed E-state index contributed by atoms with van der Waals surface area (Å²) < 4.78 is 31.4. The number of thiazole rings is 1. The summed E-state index contributed by atoms with van der Waals surface area (Å²) in [6.07, 6.45) is 0.742. The van der Waals surface area contributed by atoms with Crippen molar-refractivity contribution in [2.75, 3.05) is 11.9 Å². The van der Waals surface area contributed by atoms with Gasteiger partial charge in [0.1, 0.15) is 10.0 Å². The summed E-state index contributed by atoms with van der Waals surface area (Å²) in [7, 11) is -3.74. The van der Waals surface area contributed by atoms with E-state index in [1.165, 1.54) is 23.5 Å². The summed E-state index contributed by atoms with van der Waals surface area (Å²) in [6.45, 7) is 1.16. The lowest BCUT2D eigenvalue weighted by atomic mass is 10.2. The molecule has 3 aromatic rings. The third kappa shape index (κ3) is 3.33. The maximum atomic E-state index is 13.0. The van der Waals surface area contributed by atoms with Crippen LogP contribution < -0.4 is 5.32 Å². The van der Waals surface area contributed by atoms with E-state index in [9.17, 15) is 8.42 Å². The van der Waals surface area contributed by atoms with Crippen molar-refractivity contribution in [1.29, 1.82) is 0 Å². The predicted octanol–water partition coefficient (Wildman–Crippen LogP) is 3.84. The number of fused-ring (bicyclic) bond motifs is 1. The van der Waals surface area contributed by atoms with Crippen LogP contribution in [0.15, 0.2) is 52.3 Å². The minimum absolute atomic E-state index is 0.0533. The zero-order valence-electron chi connectivity index (χ0n) is 13.5. The molecule has 0 radical (unpaired) electrons. The van der Waals surface area contributed by atoms with Gasteiger partial charge in [0, 0.05) is 6.42 Å². The summed E-state index contributed by atoms with van der Waals surface area (Å²) in [5.74, 6) is 0.161. The molecule has 2 aromatic heterocycles. The van der Waals surface area contributed by atoms with Crippen molar-refractivity contribution in [2.24, 2.45) is 0 Å². The number of hydrogen-bond acceptors (Lipinski definition) is 7. The average molecular weight is 408 g/mol.